The van der Waals surface area contributed by atoms with Gasteiger partial charge in [0.15, 0.2) is 0 Å². The van der Waals surface area contributed by atoms with Crippen LogP contribution in [0.25, 0.3) is 10.6 Å². The first kappa shape index (κ1) is 13.5. The predicted molar refractivity (Wildman–Crippen MR) is 80.9 cm³/mol. The average molecular weight is 290 g/mol. The normalized spacial score (nSPS) is 18.6. The molecular weight excluding hydrogens is 272 g/mol. The van der Waals surface area contributed by atoms with Gasteiger partial charge in [0.2, 0.25) is 0 Å². The molecule has 0 aliphatic carbocycles. The molecule has 2 aromatic rings. The second kappa shape index (κ2) is 5.91. The first-order valence-corrected chi connectivity index (χ1v) is 7.76. The van der Waals surface area contributed by atoms with E-state index >= 15 is 0 Å². The summed E-state index contributed by atoms with van der Waals surface area (Å²) < 4.78 is 7.49. The van der Waals surface area contributed by atoms with Crippen molar-refractivity contribution in [1.29, 1.82) is 0 Å². The van der Waals surface area contributed by atoms with Crippen molar-refractivity contribution in [3.63, 3.8) is 0 Å². The first-order chi connectivity index (χ1) is 9.79. The van der Waals surface area contributed by atoms with E-state index in [-0.39, 0.29) is 18.2 Å². The van der Waals surface area contributed by atoms with Crippen LogP contribution in [0.4, 0.5) is 0 Å². The minimum Gasteiger partial charge on any atom is -0.376 e. The van der Waals surface area contributed by atoms with Crippen molar-refractivity contribution in [2.75, 3.05) is 6.61 Å². The highest BCUT2D eigenvalue weighted by Crippen LogP contribution is 2.25. The van der Waals surface area contributed by atoms with Crippen LogP contribution in [0.3, 0.4) is 0 Å². The number of aromatic nitrogens is 1. The van der Waals surface area contributed by atoms with Crippen molar-refractivity contribution in [3.05, 3.63) is 45.6 Å². The number of hydrogen-bond donors (Lipinski definition) is 1. The van der Waals surface area contributed by atoms with Crippen molar-refractivity contribution >= 4 is 11.3 Å². The van der Waals surface area contributed by atoms with E-state index in [0.717, 1.165) is 30.0 Å². The Bertz CT molecular complexity index is 628. The van der Waals surface area contributed by atoms with Crippen LogP contribution in [-0.2, 0) is 17.8 Å². The summed E-state index contributed by atoms with van der Waals surface area (Å²) in [5.41, 5.74) is 7.27. The van der Waals surface area contributed by atoms with Crippen LogP contribution in [0.15, 0.2) is 34.4 Å². The standard InChI is InChI=1S/C15H18N2O2S/c16-9-11-5-6-13(14-4-2-8-20-14)17(15(11)18)10-12-3-1-7-19-12/h2,4-6,8,12H,1,3,7,9-10,16H2. The second-order valence-electron chi connectivity index (χ2n) is 4.98. The van der Waals surface area contributed by atoms with E-state index in [0.29, 0.717) is 12.1 Å². The van der Waals surface area contributed by atoms with Crippen LogP contribution in [0, 0.1) is 0 Å². The Kier molecular flexibility index (Phi) is 4.00. The van der Waals surface area contributed by atoms with Gasteiger partial charge in [-0.1, -0.05) is 12.1 Å². The van der Waals surface area contributed by atoms with Crippen molar-refractivity contribution in [1.82, 2.24) is 4.57 Å². The van der Waals surface area contributed by atoms with Crippen molar-refractivity contribution < 1.29 is 4.74 Å². The highest BCUT2D eigenvalue weighted by atomic mass is 32.1. The zero-order valence-corrected chi connectivity index (χ0v) is 12.1. The van der Waals surface area contributed by atoms with Gasteiger partial charge in [0, 0.05) is 18.7 Å². The molecule has 1 fully saturated rings. The number of nitrogens with zero attached hydrogens (tertiary/aromatic N) is 1. The molecule has 0 saturated carbocycles. The van der Waals surface area contributed by atoms with Gasteiger partial charge in [-0.3, -0.25) is 4.79 Å². The van der Waals surface area contributed by atoms with E-state index in [4.69, 9.17) is 10.5 Å². The number of ether oxygens (including phenoxy) is 1. The number of pyridine rings is 1. The van der Waals surface area contributed by atoms with Gasteiger partial charge in [0.1, 0.15) is 0 Å². The van der Waals surface area contributed by atoms with Crippen LogP contribution < -0.4 is 11.3 Å². The van der Waals surface area contributed by atoms with Crippen LogP contribution in [0.2, 0.25) is 0 Å². The number of rotatable bonds is 4. The summed E-state index contributed by atoms with van der Waals surface area (Å²) in [6.07, 6.45) is 2.23. The zero-order chi connectivity index (χ0) is 13.9. The Balaban J connectivity index is 2.04. The quantitative estimate of drug-likeness (QED) is 0.939. The van der Waals surface area contributed by atoms with Gasteiger partial charge in [0.25, 0.3) is 5.56 Å². The fourth-order valence-corrected chi connectivity index (χ4v) is 3.35. The molecule has 3 heterocycles. The highest BCUT2D eigenvalue weighted by Gasteiger charge is 2.19. The van der Waals surface area contributed by atoms with Gasteiger partial charge >= 0.3 is 0 Å². The molecule has 2 N–H and O–H groups in total. The predicted octanol–water partition coefficient (Wildman–Crippen LogP) is 2.21. The summed E-state index contributed by atoms with van der Waals surface area (Å²) in [5, 5.41) is 2.02. The zero-order valence-electron chi connectivity index (χ0n) is 11.2. The van der Waals surface area contributed by atoms with Crippen LogP contribution in [0.1, 0.15) is 18.4 Å². The van der Waals surface area contributed by atoms with E-state index < -0.39 is 0 Å². The molecule has 3 rings (SSSR count). The number of hydrogen-bond acceptors (Lipinski definition) is 4. The van der Waals surface area contributed by atoms with Gasteiger partial charge < -0.3 is 15.0 Å². The SMILES string of the molecule is NCc1ccc(-c2cccs2)n(CC2CCCO2)c1=O. The topological polar surface area (TPSA) is 57.2 Å². The maximum atomic E-state index is 12.5. The average Bonchev–Trinajstić information content (AvgIpc) is 3.13. The molecule has 0 spiro atoms. The molecule has 20 heavy (non-hydrogen) atoms. The van der Waals surface area contributed by atoms with E-state index in [1.165, 1.54) is 0 Å². The molecule has 1 saturated heterocycles. The lowest BCUT2D eigenvalue weighted by Gasteiger charge is -2.17. The fourth-order valence-electron chi connectivity index (χ4n) is 2.59. The van der Waals surface area contributed by atoms with E-state index in [2.05, 4.69) is 0 Å². The maximum absolute atomic E-state index is 12.5. The van der Waals surface area contributed by atoms with E-state index in [1.807, 2.05) is 34.2 Å². The minimum atomic E-state index is 0.00824. The third-order valence-electron chi connectivity index (χ3n) is 3.66. The van der Waals surface area contributed by atoms with Gasteiger partial charge in [-0.05, 0) is 30.4 Å². The molecule has 5 heteroatoms. The smallest absolute Gasteiger partial charge is 0.255 e. The highest BCUT2D eigenvalue weighted by molar-refractivity contribution is 7.13. The molecule has 1 aliphatic rings. The second-order valence-corrected chi connectivity index (χ2v) is 5.92. The fraction of sp³-hybridized carbons (Fsp3) is 0.400. The molecule has 0 bridgehead atoms. The Morgan fingerprint density at radius 3 is 2.95 bits per heavy atom. The Hall–Kier alpha value is -1.43. The van der Waals surface area contributed by atoms with Gasteiger partial charge in [0.05, 0.1) is 23.2 Å². The number of nitrogens with two attached hydrogens (primary N) is 1. The van der Waals surface area contributed by atoms with Gasteiger partial charge in [-0.15, -0.1) is 11.3 Å². The lowest BCUT2D eigenvalue weighted by molar-refractivity contribution is 0.0965. The third-order valence-corrected chi connectivity index (χ3v) is 4.55. The summed E-state index contributed by atoms with van der Waals surface area (Å²) in [7, 11) is 0. The molecule has 1 aliphatic heterocycles. The molecule has 106 valence electrons. The lowest BCUT2D eigenvalue weighted by Crippen LogP contribution is -2.30. The van der Waals surface area contributed by atoms with Gasteiger partial charge in [-0.25, -0.2) is 0 Å². The molecule has 1 atom stereocenters. The maximum Gasteiger partial charge on any atom is 0.255 e. The van der Waals surface area contributed by atoms with Crippen LogP contribution >= 0.6 is 11.3 Å². The summed E-state index contributed by atoms with van der Waals surface area (Å²) >= 11 is 1.64. The monoisotopic (exact) mass is 290 g/mol. The Labute approximate surface area is 121 Å². The van der Waals surface area contributed by atoms with Crippen LogP contribution in [-0.4, -0.2) is 17.3 Å². The van der Waals surface area contributed by atoms with Crippen molar-refractivity contribution in [3.8, 4) is 10.6 Å². The minimum absolute atomic E-state index is 0.00824. The van der Waals surface area contributed by atoms with Gasteiger partial charge in [-0.2, -0.15) is 0 Å². The molecule has 4 nitrogen and oxygen atoms in total. The molecular formula is C15H18N2O2S. The van der Waals surface area contributed by atoms with E-state index in [9.17, 15) is 4.79 Å². The summed E-state index contributed by atoms with van der Waals surface area (Å²) in [6.45, 7) is 1.68. The summed E-state index contributed by atoms with van der Waals surface area (Å²) in [4.78, 5) is 13.6. The van der Waals surface area contributed by atoms with Crippen LogP contribution in [0.5, 0.6) is 0 Å². The number of thiophene rings is 1. The van der Waals surface area contributed by atoms with E-state index in [1.54, 1.807) is 11.3 Å². The first-order valence-electron chi connectivity index (χ1n) is 6.88. The third kappa shape index (κ3) is 2.57. The molecule has 1 unspecified atom stereocenters. The van der Waals surface area contributed by atoms with Crippen molar-refractivity contribution in [2.45, 2.75) is 32.0 Å². The molecule has 2 aromatic heterocycles. The Morgan fingerprint density at radius 1 is 1.40 bits per heavy atom. The lowest BCUT2D eigenvalue weighted by atomic mass is 10.2. The molecule has 0 aromatic carbocycles. The summed E-state index contributed by atoms with van der Waals surface area (Å²) in [6, 6.07) is 7.86. The Morgan fingerprint density at radius 2 is 2.30 bits per heavy atom. The molecule has 0 amide bonds. The summed E-state index contributed by atoms with van der Waals surface area (Å²) in [5.74, 6) is 0. The molecule has 0 radical (unpaired) electrons. The van der Waals surface area contributed by atoms with Crippen molar-refractivity contribution in [2.24, 2.45) is 5.73 Å². The largest absolute Gasteiger partial charge is 0.376 e.